The van der Waals surface area contributed by atoms with Crippen LogP contribution in [0.2, 0.25) is 0 Å². The summed E-state index contributed by atoms with van der Waals surface area (Å²) in [5.74, 6) is 0.902. The molecule has 1 saturated heterocycles. The topological polar surface area (TPSA) is 21.7 Å². The summed E-state index contributed by atoms with van der Waals surface area (Å²) in [7, 11) is 0. The highest BCUT2D eigenvalue weighted by Crippen LogP contribution is 2.17. The molecule has 0 bridgehead atoms. The number of hydrogen-bond acceptors (Lipinski definition) is 3. The molecule has 2 unspecified atom stereocenters. The van der Waals surface area contributed by atoms with E-state index in [-0.39, 0.29) is 12.2 Å². The molecular weight excluding hydrogens is 274 g/mol. The minimum absolute atomic E-state index is 0.0426. The second-order valence-corrected chi connectivity index (χ2v) is 5.77. The van der Waals surface area contributed by atoms with Crippen LogP contribution in [0.25, 0.3) is 0 Å². The molecule has 1 aliphatic heterocycles. The lowest BCUT2D eigenvalue weighted by atomic mass is 10.1. The Labute approximate surface area is 132 Å². The van der Waals surface area contributed by atoms with Crippen LogP contribution in [0.3, 0.4) is 0 Å². The van der Waals surface area contributed by atoms with Crippen molar-refractivity contribution in [3.05, 3.63) is 66.2 Å². The summed E-state index contributed by atoms with van der Waals surface area (Å²) in [4.78, 5) is 2.44. The normalized spacial score (nSPS) is 20.5. The van der Waals surface area contributed by atoms with Crippen molar-refractivity contribution >= 4 is 0 Å². The van der Waals surface area contributed by atoms with E-state index in [2.05, 4.69) is 42.2 Å². The van der Waals surface area contributed by atoms with E-state index in [1.807, 2.05) is 30.3 Å². The molecular formula is C19H23NO2. The predicted octanol–water partition coefficient (Wildman–Crippen LogP) is 3.35. The van der Waals surface area contributed by atoms with Gasteiger partial charge in [-0.15, -0.1) is 0 Å². The number of morpholine rings is 1. The largest absolute Gasteiger partial charge is 0.488 e. The van der Waals surface area contributed by atoms with Crippen LogP contribution in [0.15, 0.2) is 60.7 Å². The molecule has 1 fully saturated rings. The summed E-state index contributed by atoms with van der Waals surface area (Å²) in [6, 6.07) is 20.5. The first-order chi connectivity index (χ1) is 10.8. The van der Waals surface area contributed by atoms with E-state index < -0.39 is 0 Å². The average Bonchev–Trinajstić information content (AvgIpc) is 2.57. The summed E-state index contributed by atoms with van der Waals surface area (Å²) in [5.41, 5.74) is 1.35. The predicted molar refractivity (Wildman–Crippen MR) is 88.0 cm³/mol. The lowest BCUT2D eigenvalue weighted by Gasteiger charge is -2.35. The van der Waals surface area contributed by atoms with Crippen molar-refractivity contribution in [2.45, 2.75) is 25.7 Å². The summed E-state index contributed by atoms with van der Waals surface area (Å²) in [6.07, 6.45) is 0.152. The molecule has 2 atom stereocenters. The number of hydrogen-bond donors (Lipinski definition) is 0. The monoisotopic (exact) mass is 297 g/mol. The van der Waals surface area contributed by atoms with E-state index in [0.717, 1.165) is 32.0 Å². The molecule has 2 aromatic rings. The summed E-state index contributed by atoms with van der Waals surface area (Å²) in [6.45, 7) is 5.70. The Hall–Kier alpha value is -1.84. The maximum absolute atomic E-state index is 6.00. The molecule has 0 amide bonds. The van der Waals surface area contributed by atoms with Crippen molar-refractivity contribution in [3.63, 3.8) is 0 Å². The molecule has 116 valence electrons. The quantitative estimate of drug-likeness (QED) is 0.845. The van der Waals surface area contributed by atoms with E-state index in [1.54, 1.807) is 0 Å². The molecule has 0 saturated carbocycles. The Morgan fingerprint density at radius 1 is 1.09 bits per heavy atom. The molecule has 0 radical (unpaired) electrons. The van der Waals surface area contributed by atoms with Gasteiger partial charge in [-0.25, -0.2) is 0 Å². The van der Waals surface area contributed by atoms with Gasteiger partial charge in [-0.2, -0.15) is 0 Å². The van der Waals surface area contributed by atoms with Crippen molar-refractivity contribution in [2.75, 3.05) is 19.7 Å². The standard InChI is InChI=1S/C19H23NO2/c1-16(22-18-10-6-3-7-11-18)19-15-20(12-13-21-19)14-17-8-4-2-5-9-17/h2-11,16,19H,12-15H2,1H3. The zero-order valence-corrected chi connectivity index (χ0v) is 13.0. The van der Waals surface area contributed by atoms with Crippen molar-refractivity contribution in [1.82, 2.24) is 4.90 Å². The Kier molecular flexibility index (Phi) is 5.09. The summed E-state index contributed by atoms with van der Waals surface area (Å²) >= 11 is 0. The zero-order valence-electron chi connectivity index (χ0n) is 13.0. The highest BCUT2D eigenvalue weighted by Gasteiger charge is 2.26. The lowest BCUT2D eigenvalue weighted by Crippen LogP contribution is -2.48. The second-order valence-electron chi connectivity index (χ2n) is 5.77. The van der Waals surface area contributed by atoms with Crippen LogP contribution in [-0.2, 0) is 11.3 Å². The molecule has 3 rings (SSSR count). The average molecular weight is 297 g/mol. The second kappa shape index (κ2) is 7.43. The third-order valence-corrected chi connectivity index (χ3v) is 4.02. The van der Waals surface area contributed by atoms with Crippen molar-refractivity contribution in [3.8, 4) is 5.75 Å². The first-order valence-electron chi connectivity index (χ1n) is 7.91. The molecule has 1 aliphatic rings. The van der Waals surface area contributed by atoms with Crippen LogP contribution in [-0.4, -0.2) is 36.8 Å². The van der Waals surface area contributed by atoms with Crippen molar-refractivity contribution in [2.24, 2.45) is 0 Å². The maximum atomic E-state index is 6.00. The summed E-state index contributed by atoms with van der Waals surface area (Å²) in [5, 5.41) is 0. The van der Waals surface area contributed by atoms with E-state index in [0.29, 0.717) is 0 Å². The van der Waals surface area contributed by atoms with Crippen LogP contribution in [0.5, 0.6) is 5.75 Å². The Balaban J connectivity index is 1.56. The van der Waals surface area contributed by atoms with Gasteiger partial charge in [-0.05, 0) is 24.6 Å². The number of ether oxygens (including phenoxy) is 2. The van der Waals surface area contributed by atoms with Crippen LogP contribution >= 0.6 is 0 Å². The molecule has 0 aromatic heterocycles. The lowest BCUT2D eigenvalue weighted by molar-refractivity contribution is -0.0772. The number of para-hydroxylation sites is 1. The minimum Gasteiger partial charge on any atom is -0.488 e. The molecule has 0 aliphatic carbocycles. The van der Waals surface area contributed by atoms with Gasteiger partial charge in [0, 0.05) is 19.6 Å². The van der Waals surface area contributed by atoms with Gasteiger partial charge in [-0.1, -0.05) is 48.5 Å². The number of rotatable bonds is 5. The third-order valence-electron chi connectivity index (χ3n) is 4.02. The Morgan fingerprint density at radius 3 is 2.50 bits per heavy atom. The molecule has 3 nitrogen and oxygen atoms in total. The van der Waals surface area contributed by atoms with Gasteiger partial charge in [0.25, 0.3) is 0 Å². The Morgan fingerprint density at radius 2 is 1.77 bits per heavy atom. The third kappa shape index (κ3) is 4.09. The van der Waals surface area contributed by atoms with E-state index in [1.165, 1.54) is 5.56 Å². The smallest absolute Gasteiger partial charge is 0.123 e. The minimum atomic E-state index is 0.0426. The van der Waals surface area contributed by atoms with Gasteiger partial charge in [-0.3, -0.25) is 4.90 Å². The van der Waals surface area contributed by atoms with Crippen LogP contribution < -0.4 is 4.74 Å². The van der Waals surface area contributed by atoms with E-state index >= 15 is 0 Å². The van der Waals surface area contributed by atoms with Gasteiger partial charge in [0.05, 0.1) is 6.61 Å². The number of nitrogens with zero attached hydrogens (tertiary/aromatic N) is 1. The van der Waals surface area contributed by atoms with Crippen LogP contribution in [0.1, 0.15) is 12.5 Å². The molecule has 1 heterocycles. The van der Waals surface area contributed by atoms with Crippen molar-refractivity contribution < 1.29 is 9.47 Å². The van der Waals surface area contributed by atoms with Gasteiger partial charge in [0.1, 0.15) is 18.0 Å². The molecule has 0 N–H and O–H groups in total. The van der Waals surface area contributed by atoms with Gasteiger partial charge < -0.3 is 9.47 Å². The van der Waals surface area contributed by atoms with Crippen LogP contribution in [0, 0.1) is 0 Å². The van der Waals surface area contributed by atoms with Crippen molar-refractivity contribution in [1.29, 1.82) is 0 Å². The Bertz CT molecular complexity index is 519. The van der Waals surface area contributed by atoms with E-state index in [4.69, 9.17) is 9.47 Å². The highest BCUT2D eigenvalue weighted by atomic mass is 16.5. The molecule has 0 spiro atoms. The highest BCUT2D eigenvalue weighted by molar-refractivity contribution is 5.21. The van der Waals surface area contributed by atoms with Gasteiger partial charge >= 0.3 is 0 Å². The molecule has 3 heteroatoms. The SMILES string of the molecule is CC(Oc1ccccc1)C1CN(Cc2ccccc2)CCO1. The fourth-order valence-electron chi connectivity index (χ4n) is 2.79. The summed E-state index contributed by atoms with van der Waals surface area (Å²) < 4.78 is 11.9. The van der Waals surface area contributed by atoms with Gasteiger partial charge in [0.2, 0.25) is 0 Å². The van der Waals surface area contributed by atoms with Gasteiger partial charge in [0.15, 0.2) is 0 Å². The fraction of sp³-hybridized carbons (Fsp3) is 0.368. The number of benzene rings is 2. The molecule has 2 aromatic carbocycles. The zero-order chi connectivity index (χ0) is 15.2. The first-order valence-corrected chi connectivity index (χ1v) is 7.91. The maximum Gasteiger partial charge on any atom is 0.123 e. The fourth-order valence-corrected chi connectivity index (χ4v) is 2.79. The van der Waals surface area contributed by atoms with Crippen LogP contribution in [0.4, 0.5) is 0 Å². The van der Waals surface area contributed by atoms with E-state index in [9.17, 15) is 0 Å². The first kappa shape index (κ1) is 15.1. The molecule has 22 heavy (non-hydrogen) atoms.